The van der Waals surface area contributed by atoms with Gasteiger partial charge in [0.15, 0.2) is 0 Å². The third kappa shape index (κ3) is 19.2. The number of alkyl halides is 6. The van der Waals surface area contributed by atoms with Gasteiger partial charge in [-0.05, 0) is 38.7 Å². The first-order valence-electron chi connectivity index (χ1n) is 12.5. The van der Waals surface area contributed by atoms with Crippen LogP contribution in [0.15, 0.2) is 23.4 Å². The molecule has 0 saturated heterocycles. The molecular formula is C25H45F6N3O. The van der Waals surface area contributed by atoms with E-state index in [1.807, 2.05) is 38.7 Å². The molecule has 1 heterocycles. The van der Waals surface area contributed by atoms with Gasteiger partial charge < -0.3 is 15.5 Å². The fourth-order valence-corrected chi connectivity index (χ4v) is 3.44. The Bertz CT molecular complexity index is 624. The Hall–Kier alpha value is -1.71. The van der Waals surface area contributed by atoms with Gasteiger partial charge in [0.05, 0.1) is 6.42 Å². The third-order valence-corrected chi connectivity index (χ3v) is 4.96. The number of amides is 1. The lowest BCUT2D eigenvalue weighted by Crippen LogP contribution is -2.38. The van der Waals surface area contributed by atoms with E-state index in [9.17, 15) is 31.1 Å². The van der Waals surface area contributed by atoms with Gasteiger partial charge in [0.2, 0.25) is 5.91 Å². The predicted octanol–water partition coefficient (Wildman–Crippen LogP) is 6.99. The summed E-state index contributed by atoms with van der Waals surface area (Å²) >= 11 is 0. The molecule has 35 heavy (non-hydrogen) atoms. The van der Waals surface area contributed by atoms with E-state index in [-0.39, 0.29) is 31.3 Å². The second-order valence-corrected chi connectivity index (χ2v) is 8.30. The van der Waals surface area contributed by atoms with E-state index in [1.54, 1.807) is 0 Å². The van der Waals surface area contributed by atoms with Gasteiger partial charge in [-0.15, -0.1) is 0 Å². The van der Waals surface area contributed by atoms with Gasteiger partial charge in [-0.1, -0.05) is 46.3 Å². The van der Waals surface area contributed by atoms with Crippen LogP contribution in [-0.2, 0) is 4.79 Å². The first kappa shape index (κ1) is 35.5. The van der Waals surface area contributed by atoms with Gasteiger partial charge in [0, 0.05) is 50.8 Å². The van der Waals surface area contributed by atoms with Crippen molar-refractivity contribution in [2.45, 2.75) is 99.0 Å². The van der Waals surface area contributed by atoms with Crippen LogP contribution in [0.3, 0.4) is 0 Å². The summed E-state index contributed by atoms with van der Waals surface area (Å²) in [6, 6.07) is 0.00667. The van der Waals surface area contributed by atoms with Crippen LogP contribution in [0.4, 0.5) is 26.3 Å². The highest BCUT2D eigenvalue weighted by Crippen LogP contribution is 2.28. The quantitative estimate of drug-likeness (QED) is 0.358. The van der Waals surface area contributed by atoms with Gasteiger partial charge in [-0.3, -0.25) is 4.79 Å². The molecular weight excluding hydrogens is 472 g/mol. The zero-order chi connectivity index (χ0) is 27.7. The molecule has 0 aromatic rings. The van der Waals surface area contributed by atoms with E-state index in [0.717, 1.165) is 30.7 Å². The van der Waals surface area contributed by atoms with Crippen LogP contribution in [0, 0.1) is 5.92 Å². The van der Waals surface area contributed by atoms with E-state index in [0.29, 0.717) is 19.5 Å². The number of nitrogens with one attached hydrogen (secondary N) is 2. The van der Waals surface area contributed by atoms with Crippen molar-refractivity contribution in [1.82, 2.24) is 15.5 Å². The average Bonchev–Trinajstić information content (AvgIpc) is 3.21. The smallest absolute Gasteiger partial charge is 0.385 e. The molecule has 1 fully saturated rings. The summed E-state index contributed by atoms with van der Waals surface area (Å²) in [4.78, 5) is 14.6. The van der Waals surface area contributed by atoms with E-state index < -0.39 is 18.8 Å². The summed E-state index contributed by atoms with van der Waals surface area (Å²) in [5.74, 6) is 0.0201. The number of carbonyl (C=O) groups excluding carboxylic acids is 1. The van der Waals surface area contributed by atoms with Gasteiger partial charge in [-0.2, -0.15) is 26.3 Å². The SMILES string of the molecule is CC.CC(F)(F)F.CCC.CCN(CC1=C(C)NCC=C1)C(=O)[C@H]1CCC(NCCC(F)(F)F)C1. The number of rotatable bonds is 7. The maximum absolute atomic E-state index is 12.8. The Morgan fingerprint density at radius 1 is 1.11 bits per heavy atom. The lowest BCUT2D eigenvalue weighted by Gasteiger charge is -2.27. The fourth-order valence-electron chi connectivity index (χ4n) is 3.44. The lowest BCUT2D eigenvalue weighted by molar-refractivity contribution is -0.135. The van der Waals surface area contributed by atoms with Crippen molar-refractivity contribution >= 4 is 5.91 Å². The molecule has 2 aliphatic rings. The molecule has 2 rings (SSSR count). The summed E-state index contributed by atoms with van der Waals surface area (Å²) in [6.07, 6.45) is -1.49. The van der Waals surface area contributed by atoms with Crippen molar-refractivity contribution in [1.29, 1.82) is 0 Å². The molecule has 1 saturated carbocycles. The van der Waals surface area contributed by atoms with Crippen molar-refractivity contribution < 1.29 is 31.1 Å². The Kier molecular flexibility index (Phi) is 18.8. The first-order valence-corrected chi connectivity index (χ1v) is 12.5. The minimum Gasteiger partial charge on any atom is -0.385 e. The van der Waals surface area contributed by atoms with Crippen LogP contribution in [0.25, 0.3) is 0 Å². The minimum absolute atomic E-state index is 0.00667. The first-order chi connectivity index (χ1) is 16.2. The highest BCUT2D eigenvalue weighted by Gasteiger charge is 2.33. The number of hydrogen-bond donors (Lipinski definition) is 2. The molecule has 2 N–H and O–H groups in total. The average molecular weight is 518 g/mol. The molecule has 4 nitrogen and oxygen atoms in total. The highest BCUT2D eigenvalue weighted by molar-refractivity contribution is 5.79. The molecule has 1 aliphatic carbocycles. The lowest BCUT2D eigenvalue weighted by atomic mass is 10.0. The van der Waals surface area contributed by atoms with Crippen molar-refractivity contribution in [3.63, 3.8) is 0 Å². The Morgan fingerprint density at radius 3 is 2.11 bits per heavy atom. The van der Waals surface area contributed by atoms with Gasteiger partial charge in [0.25, 0.3) is 0 Å². The summed E-state index contributed by atoms with van der Waals surface area (Å²) < 4.78 is 67.7. The normalized spacial score (nSPS) is 19.3. The zero-order valence-corrected chi connectivity index (χ0v) is 22.3. The topological polar surface area (TPSA) is 44.4 Å². The second-order valence-electron chi connectivity index (χ2n) is 8.30. The van der Waals surface area contributed by atoms with Gasteiger partial charge in [0.1, 0.15) is 0 Å². The Labute approximate surface area is 207 Å². The Morgan fingerprint density at radius 2 is 1.66 bits per heavy atom. The molecule has 1 amide bonds. The maximum Gasteiger partial charge on any atom is 0.390 e. The molecule has 0 spiro atoms. The predicted molar refractivity (Wildman–Crippen MR) is 131 cm³/mol. The van der Waals surface area contributed by atoms with Gasteiger partial charge >= 0.3 is 12.4 Å². The molecule has 1 aliphatic heterocycles. The number of dihydropyridines is 1. The van der Waals surface area contributed by atoms with Crippen molar-refractivity contribution in [3.8, 4) is 0 Å². The van der Waals surface area contributed by atoms with Crippen LogP contribution in [-0.4, -0.2) is 55.4 Å². The monoisotopic (exact) mass is 517 g/mol. The van der Waals surface area contributed by atoms with E-state index in [2.05, 4.69) is 30.6 Å². The molecule has 0 aromatic heterocycles. The molecule has 0 aromatic carbocycles. The maximum atomic E-state index is 12.8. The molecule has 1 unspecified atom stereocenters. The molecule has 208 valence electrons. The molecule has 10 heteroatoms. The fraction of sp³-hybridized carbons (Fsp3) is 0.800. The highest BCUT2D eigenvalue weighted by atomic mass is 19.4. The Balaban J connectivity index is 0. The second kappa shape index (κ2) is 18.5. The molecule has 0 bridgehead atoms. The van der Waals surface area contributed by atoms with E-state index in [4.69, 9.17) is 0 Å². The van der Waals surface area contributed by atoms with Crippen molar-refractivity contribution in [2.24, 2.45) is 5.92 Å². The van der Waals surface area contributed by atoms with Crippen LogP contribution in [0.1, 0.15) is 80.6 Å². The van der Waals surface area contributed by atoms with Crippen LogP contribution >= 0.6 is 0 Å². The standard InChI is InChI=1S/C18H28F3N3O.C3H8.C2H3F3.C2H6/c1-3-24(12-15-5-4-9-22-13(15)2)17(25)14-6-7-16(11-14)23-10-8-18(19,20)21;1-3-2;1-2(3,4)5;1-2/h4-5,14,16,22-23H,3,6-12H2,1-2H3;3H2,1-2H3;1H3;1-2H3/t14-,16?;;;/m0.../s1. The third-order valence-electron chi connectivity index (χ3n) is 4.96. The van der Waals surface area contributed by atoms with Crippen molar-refractivity contribution in [2.75, 3.05) is 26.2 Å². The number of hydrogen-bond acceptors (Lipinski definition) is 3. The van der Waals surface area contributed by atoms with Gasteiger partial charge in [-0.25, -0.2) is 0 Å². The molecule has 0 radical (unpaired) electrons. The zero-order valence-electron chi connectivity index (χ0n) is 22.3. The summed E-state index contributed by atoms with van der Waals surface area (Å²) in [6.45, 7) is 14.3. The number of carbonyl (C=O) groups is 1. The number of allylic oxidation sites excluding steroid dienone is 1. The number of nitrogens with zero attached hydrogens (tertiary/aromatic N) is 1. The van der Waals surface area contributed by atoms with E-state index >= 15 is 0 Å². The molecule has 2 atom stereocenters. The minimum atomic E-state index is -4.13. The summed E-state index contributed by atoms with van der Waals surface area (Å²) in [5, 5.41) is 6.21. The van der Waals surface area contributed by atoms with Crippen LogP contribution in [0.2, 0.25) is 0 Å². The largest absolute Gasteiger partial charge is 0.390 e. The van der Waals surface area contributed by atoms with Crippen molar-refractivity contribution in [3.05, 3.63) is 23.4 Å². The number of halogens is 6. The summed E-state index contributed by atoms with van der Waals surface area (Å²) in [7, 11) is 0. The summed E-state index contributed by atoms with van der Waals surface area (Å²) in [5.41, 5.74) is 2.20. The van der Waals surface area contributed by atoms with E-state index in [1.165, 1.54) is 6.42 Å². The van der Waals surface area contributed by atoms with Crippen LogP contribution < -0.4 is 10.6 Å². The van der Waals surface area contributed by atoms with Crippen LogP contribution in [0.5, 0.6) is 0 Å². The number of likely N-dealkylation sites (N-methyl/N-ethyl adjacent to an activating group) is 1.